The Labute approximate surface area is 228 Å². The lowest BCUT2D eigenvalue weighted by atomic mass is 10.2. The number of piperazine rings is 1. The Morgan fingerprint density at radius 3 is 2.26 bits per heavy atom. The standard InChI is InChI=1S/C28H34N8O3/c29-26(37)21-3-5-23(6-4-21)32-28(38)36-17-15-35(16-18-36)25-11-12-30-27(33-25)31-22-7-9-24(10-8-22)39-20-19-34-13-1-2-14-34/h3-12H,1-2,13-20H2,(H2,29,37)(H,32,38)(H,30,31,33). The summed E-state index contributed by atoms with van der Waals surface area (Å²) in [6.45, 7) is 6.40. The number of ether oxygens (including phenoxy) is 1. The molecule has 1 aromatic heterocycles. The van der Waals surface area contributed by atoms with Crippen LogP contribution in [-0.4, -0.2) is 84.1 Å². The Morgan fingerprint density at radius 2 is 1.56 bits per heavy atom. The quantitative estimate of drug-likeness (QED) is 0.385. The number of nitrogens with one attached hydrogen (secondary N) is 2. The van der Waals surface area contributed by atoms with Gasteiger partial charge in [0.05, 0.1) is 0 Å². The molecule has 0 atom stereocenters. The molecule has 2 aliphatic heterocycles. The van der Waals surface area contributed by atoms with Crippen LogP contribution in [0.5, 0.6) is 5.75 Å². The van der Waals surface area contributed by atoms with E-state index in [0.717, 1.165) is 23.8 Å². The SMILES string of the molecule is NC(=O)c1ccc(NC(=O)N2CCN(c3ccnc(Nc4ccc(OCCN5CCCC5)cc4)n3)CC2)cc1. The average molecular weight is 531 g/mol. The monoisotopic (exact) mass is 530 g/mol. The van der Waals surface area contributed by atoms with Crippen molar-refractivity contribution >= 4 is 35.1 Å². The van der Waals surface area contributed by atoms with Crippen LogP contribution in [-0.2, 0) is 0 Å². The Balaban J connectivity index is 1.09. The summed E-state index contributed by atoms with van der Waals surface area (Å²) in [7, 11) is 0. The van der Waals surface area contributed by atoms with Gasteiger partial charge in [0.15, 0.2) is 0 Å². The van der Waals surface area contributed by atoms with Crippen molar-refractivity contribution in [2.45, 2.75) is 12.8 Å². The molecule has 0 unspecified atom stereocenters. The first-order valence-corrected chi connectivity index (χ1v) is 13.3. The van der Waals surface area contributed by atoms with Gasteiger partial charge in [0.25, 0.3) is 0 Å². The van der Waals surface area contributed by atoms with Crippen LogP contribution in [0.4, 0.5) is 27.9 Å². The van der Waals surface area contributed by atoms with Crippen molar-refractivity contribution in [1.82, 2.24) is 19.8 Å². The van der Waals surface area contributed by atoms with Gasteiger partial charge < -0.3 is 30.9 Å². The number of anilines is 4. The molecular weight excluding hydrogens is 496 g/mol. The Hall–Kier alpha value is -4.38. The molecule has 0 aliphatic carbocycles. The third-order valence-electron chi connectivity index (χ3n) is 6.94. The third kappa shape index (κ3) is 7.14. The zero-order valence-electron chi connectivity index (χ0n) is 21.9. The minimum atomic E-state index is -0.502. The number of carbonyl (C=O) groups is 2. The van der Waals surface area contributed by atoms with Crippen LogP contribution in [0.1, 0.15) is 23.2 Å². The van der Waals surface area contributed by atoms with Gasteiger partial charge in [-0.3, -0.25) is 9.69 Å². The van der Waals surface area contributed by atoms with Crippen LogP contribution in [0, 0.1) is 0 Å². The summed E-state index contributed by atoms with van der Waals surface area (Å²) in [6.07, 6.45) is 4.30. The molecule has 204 valence electrons. The van der Waals surface area contributed by atoms with Crippen molar-refractivity contribution in [3.05, 3.63) is 66.4 Å². The molecule has 3 heterocycles. The first-order valence-electron chi connectivity index (χ1n) is 13.3. The highest BCUT2D eigenvalue weighted by atomic mass is 16.5. The van der Waals surface area contributed by atoms with E-state index < -0.39 is 5.91 Å². The van der Waals surface area contributed by atoms with Crippen LogP contribution in [0.2, 0.25) is 0 Å². The molecule has 0 bridgehead atoms. The third-order valence-corrected chi connectivity index (χ3v) is 6.94. The summed E-state index contributed by atoms with van der Waals surface area (Å²) in [5, 5.41) is 6.13. The maximum Gasteiger partial charge on any atom is 0.321 e. The van der Waals surface area contributed by atoms with Gasteiger partial charge in [0, 0.05) is 55.9 Å². The first kappa shape index (κ1) is 26.2. The number of urea groups is 1. The highest BCUT2D eigenvalue weighted by Gasteiger charge is 2.22. The van der Waals surface area contributed by atoms with E-state index in [1.54, 1.807) is 35.4 Å². The zero-order chi connectivity index (χ0) is 27.0. The highest BCUT2D eigenvalue weighted by Crippen LogP contribution is 2.21. The molecule has 3 amide bonds. The number of carbonyl (C=O) groups excluding carboxylic acids is 2. The van der Waals surface area contributed by atoms with E-state index in [4.69, 9.17) is 10.5 Å². The van der Waals surface area contributed by atoms with Crippen molar-refractivity contribution < 1.29 is 14.3 Å². The summed E-state index contributed by atoms with van der Waals surface area (Å²) in [4.78, 5) is 39.3. The molecule has 0 saturated carbocycles. The topological polar surface area (TPSA) is 129 Å². The fraction of sp³-hybridized carbons (Fsp3) is 0.357. The van der Waals surface area contributed by atoms with E-state index in [0.29, 0.717) is 50.0 Å². The lowest BCUT2D eigenvalue weighted by Crippen LogP contribution is -2.50. The number of benzene rings is 2. The smallest absolute Gasteiger partial charge is 0.321 e. The highest BCUT2D eigenvalue weighted by molar-refractivity contribution is 5.94. The number of nitrogens with two attached hydrogens (primary N) is 1. The molecule has 4 N–H and O–H groups in total. The van der Waals surface area contributed by atoms with Gasteiger partial charge in [-0.15, -0.1) is 0 Å². The van der Waals surface area contributed by atoms with Crippen molar-refractivity contribution in [2.24, 2.45) is 5.73 Å². The maximum absolute atomic E-state index is 12.7. The number of nitrogens with zero attached hydrogens (tertiary/aromatic N) is 5. The van der Waals surface area contributed by atoms with E-state index in [9.17, 15) is 9.59 Å². The van der Waals surface area contributed by atoms with Gasteiger partial charge in [-0.25, -0.2) is 9.78 Å². The fourth-order valence-electron chi connectivity index (χ4n) is 4.71. The van der Waals surface area contributed by atoms with Crippen LogP contribution in [0.15, 0.2) is 60.8 Å². The summed E-state index contributed by atoms with van der Waals surface area (Å²) in [5.41, 5.74) is 7.16. The summed E-state index contributed by atoms with van der Waals surface area (Å²) in [6, 6.07) is 16.0. The largest absolute Gasteiger partial charge is 0.492 e. The predicted octanol–water partition coefficient (Wildman–Crippen LogP) is 3.15. The number of rotatable bonds is 9. The summed E-state index contributed by atoms with van der Waals surface area (Å²) in [5.74, 6) is 1.66. The van der Waals surface area contributed by atoms with Crippen LogP contribution in [0.25, 0.3) is 0 Å². The fourth-order valence-corrected chi connectivity index (χ4v) is 4.71. The van der Waals surface area contributed by atoms with E-state index in [2.05, 4.69) is 30.4 Å². The van der Waals surface area contributed by atoms with Crippen molar-refractivity contribution in [3.63, 3.8) is 0 Å². The molecule has 11 nitrogen and oxygen atoms in total. The number of aromatic nitrogens is 2. The summed E-state index contributed by atoms with van der Waals surface area (Å²) < 4.78 is 5.89. The number of likely N-dealkylation sites (tertiary alicyclic amines) is 1. The van der Waals surface area contributed by atoms with E-state index in [-0.39, 0.29) is 6.03 Å². The second-order valence-corrected chi connectivity index (χ2v) is 9.63. The molecule has 0 radical (unpaired) electrons. The molecule has 39 heavy (non-hydrogen) atoms. The minimum Gasteiger partial charge on any atom is -0.492 e. The first-order chi connectivity index (χ1) is 19.0. The van der Waals surface area contributed by atoms with Crippen molar-refractivity contribution in [1.29, 1.82) is 0 Å². The van der Waals surface area contributed by atoms with Crippen molar-refractivity contribution in [3.8, 4) is 5.75 Å². The maximum atomic E-state index is 12.7. The van der Waals surface area contributed by atoms with Gasteiger partial charge >= 0.3 is 6.03 Å². The van der Waals surface area contributed by atoms with Gasteiger partial charge in [0.1, 0.15) is 18.2 Å². The van der Waals surface area contributed by atoms with Gasteiger partial charge in [-0.1, -0.05) is 0 Å². The molecule has 2 fully saturated rings. The molecule has 0 spiro atoms. The molecule has 3 aromatic rings. The minimum absolute atomic E-state index is 0.185. The van der Waals surface area contributed by atoms with Crippen molar-refractivity contribution in [2.75, 3.05) is 68.0 Å². The molecule has 5 rings (SSSR count). The molecule has 2 saturated heterocycles. The van der Waals surface area contributed by atoms with E-state index in [1.165, 1.54) is 25.9 Å². The van der Waals surface area contributed by atoms with Crippen LogP contribution >= 0.6 is 0 Å². The number of primary amides is 1. The van der Waals surface area contributed by atoms with Gasteiger partial charge in [-0.2, -0.15) is 4.98 Å². The van der Waals surface area contributed by atoms with E-state index in [1.807, 2.05) is 30.3 Å². The average Bonchev–Trinajstić information content (AvgIpc) is 3.48. The van der Waals surface area contributed by atoms with E-state index >= 15 is 0 Å². The lowest BCUT2D eigenvalue weighted by Gasteiger charge is -2.35. The summed E-state index contributed by atoms with van der Waals surface area (Å²) >= 11 is 0. The van der Waals surface area contributed by atoms with Crippen LogP contribution < -0.4 is 26.0 Å². The number of hydrogen-bond acceptors (Lipinski definition) is 8. The second kappa shape index (κ2) is 12.4. The molecule has 2 aliphatic rings. The molecular formula is C28H34N8O3. The van der Waals surface area contributed by atoms with Crippen LogP contribution in [0.3, 0.4) is 0 Å². The molecule has 11 heteroatoms. The Morgan fingerprint density at radius 1 is 0.872 bits per heavy atom. The van der Waals surface area contributed by atoms with Gasteiger partial charge in [-0.05, 0) is 80.5 Å². The normalized spacial score (nSPS) is 15.7. The Bertz CT molecular complexity index is 1250. The molecule has 2 aromatic carbocycles. The lowest BCUT2D eigenvalue weighted by molar-refractivity contribution is 0.100. The van der Waals surface area contributed by atoms with Gasteiger partial charge in [0.2, 0.25) is 11.9 Å². The predicted molar refractivity (Wildman–Crippen MR) is 151 cm³/mol. The second-order valence-electron chi connectivity index (χ2n) is 9.63. The number of amides is 3. The zero-order valence-corrected chi connectivity index (χ0v) is 21.9. The Kier molecular flexibility index (Phi) is 8.37. The number of hydrogen-bond donors (Lipinski definition) is 3.